The van der Waals surface area contributed by atoms with E-state index in [1.165, 1.54) is 0 Å². The van der Waals surface area contributed by atoms with Gasteiger partial charge < -0.3 is 20.5 Å². The van der Waals surface area contributed by atoms with E-state index in [0.717, 1.165) is 0 Å². The van der Waals surface area contributed by atoms with Crippen LogP contribution in [0.1, 0.15) is 54.9 Å². The zero-order chi connectivity index (χ0) is 18.4. The fraction of sp³-hybridized carbons (Fsp3) is 0.812. The maximum atomic E-state index is 12.3. The average molecular weight is 330 g/mol. The lowest BCUT2D eigenvalue weighted by atomic mass is 10.0. The van der Waals surface area contributed by atoms with Gasteiger partial charge >= 0.3 is 12.1 Å². The Morgan fingerprint density at radius 1 is 1.04 bits per heavy atom. The van der Waals surface area contributed by atoms with E-state index >= 15 is 0 Å². The van der Waals surface area contributed by atoms with Gasteiger partial charge in [-0.3, -0.25) is 4.79 Å². The molecule has 0 aliphatic carbocycles. The second-order valence-corrected chi connectivity index (χ2v) is 7.40. The van der Waals surface area contributed by atoms with E-state index < -0.39 is 35.7 Å². The molecule has 0 saturated carbocycles. The van der Waals surface area contributed by atoms with E-state index in [1.54, 1.807) is 34.6 Å². The van der Waals surface area contributed by atoms with Crippen molar-refractivity contribution in [3.63, 3.8) is 0 Å². The number of amides is 2. The molecule has 0 heterocycles. The first kappa shape index (κ1) is 21.2. The van der Waals surface area contributed by atoms with Crippen molar-refractivity contribution in [1.82, 2.24) is 10.6 Å². The molecule has 0 aliphatic heterocycles. The Labute approximate surface area is 138 Å². The van der Waals surface area contributed by atoms with Crippen LogP contribution in [0, 0.1) is 11.8 Å². The predicted octanol–water partition coefficient (Wildman–Crippen LogP) is 2.15. The second-order valence-electron chi connectivity index (χ2n) is 7.40. The van der Waals surface area contributed by atoms with E-state index in [-0.39, 0.29) is 11.8 Å². The van der Waals surface area contributed by atoms with Gasteiger partial charge in [-0.2, -0.15) is 0 Å². The van der Waals surface area contributed by atoms with Crippen LogP contribution in [0.15, 0.2) is 0 Å². The van der Waals surface area contributed by atoms with Gasteiger partial charge in [0, 0.05) is 0 Å². The molecule has 0 spiro atoms. The van der Waals surface area contributed by atoms with E-state index in [9.17, 15) is 19.5 Å². The molecule has 3 N–H and O–H groups in total. The molecule has 0 saturated heterocycles. The first-order valence-corrected chi connectivity index (χ1v) is 7.86. The van der Waals surface area contributed by atoms with Crippen molar-refractivity contribution < 1.29 is 24.2 Å². The van der Waals surface area contributed by atoms with Crippen LogP contribution in [-0.2, 0) is 14.3 Å². The van der Waals surface area contributed by atoms with Crippen LogP contribution < -0.4 is 10.6 Å². The highest BCUT2D eigenvalue weighted by Crippen LogP contribution is 2.10. The lowest BCUT2D eigenvalue weighted by Gasteiger charge is -2.26. The summed E-state index contributed by atoms with van der Waals surface area (Å²) in [4.78, 5) is 35.4. The standard InChI is InChI=1S/C16H30N2O5/c1-9(2)8-11(14(20)21)17-13(19)12(10(3)4)18-15(22)23-16(5,6)7/h9-12H,8H2,1-7H3,(H,17,19)(H,18,22)(H,20,21)/t11-,12-/m0/s1. The number of alkyl carbamates (subject to hydrolysis) is 1. The van der Waals surface area contributed by atoms with Crippen molar-refractivity contribution in [2.75, 3.05) is 0 Å². The van der Waals surface area contributed by atoms with Gasteiger partial charge in [-0.25, -0.2) is 9.59 Å². The van der Waals surface area contributed by atoms with Crippen LogP contribution >= 0.6 is 0 Å². The summed E-state index contributed by atoms with van der Waals surface area (Å²) in [5.74, 6) is -1.71. The SMILES string of the molecule is CC(C)C[C@H](NC(=O)[C@@H](NC(=O)OC(C)(C)C)C(C)C)C(=O)O. The third-order valence-corrected chi connectivity index (χ3v) is 2.94. The van der Waals surface area contributed by atoms with Crippen LogP contribution in [0.25, 0.3) is 0 Å². The second kappa shape index (κ2) is 8.74. The van der Waals surface area contributed by atoms with Gasteiger partial charge in [0.15, 0.2) is 0 Å². The highest BCUT2D eigenvalue weighted by Gasteiger charge is 2.30. The topological polar surface area (TPSA) is 105 Å². The third-order valence-electron chi connectivity index (χ3n) is 2.94. The van der Waals surface area contributed by atoms with Crippen molar-refractivity contribution >= 4 is 18.0 Å². The quantitative estimate of drug-likeness (QED) is 0.663. The van der Waals surface area contributed by atoms with Gasteiger partial charge in [0.1, 0.15) is 17.7 Å². The van der Waals surface area contributed by atoms with Crippen LogP contribution in [0.5, 0.6) is 0 Å². The van der Waals surface area contributed by atoms with Gasteiger partial charge in [-0.15, -0.1) is 0 Å². The van der Waals surface area contributed by atoms with Crippen LogP contribution in [0.2, 0.25) is 0 Å². The number of carboxylic acid groups (broad SMARTS) is 1. The molecule has 0 aromatic rings. The number of carbonyl (C=O) groups excluding carboxylic acids is 2. The largest absolute Gasteiger partial charge is 0.480 e. The van der Waals surface area contributed by atoms with Crippen molar-refractivity contribution in [2.24, 2.45) is 11.8 Å². The molecule has 0 aromatic heterocycles. The average Bonchev–Trinajstić information content (AvgIpc) is 2.31. The van der Waals surface area contributed by atoms with Gasteiger partial charge in [0.25, 0.3) is 0 Å². The highest BCUT2D eigenvalue weighted by atomic mass is 16.6. The molecule has 0 rings (SSSR count). The summed E-state index contributed by atoms with van der Waals surface area (Å²) in [6, 6.07) is -1.84. The Kier molecular flexibility index (Phi) is 8.06. The Morgan fingerprint density at radius 3 is 1.91 bits per heavy atom. The number of carboxylic acids is 1. The molecular formula is C16H30N2O5. The summed E-state index contributed by atoms with van der Waals surface area (Å²) in [6.45, 7) is 12.4. The van der Waals surface area contributed by atoms with Crippen LogP contribution in [-0.4, -0.2) is 40.8 Å². The van der Waals surface area contributed by atoms with E-state index in [4.69, 9.17) is 4.74 Å². The number of hydrogen-bond donors (Lipinski definition) is 3. The summed E-state index contributed by atoms with van der Waals surface area (Å²) >= 11 is 0. The smallest absolute Gasteiger partial charge is 0.408 e. The minimum atomic E-state index is -1.09. The molecule has 0 bridgehead atoms. The summed E-state index contributed by atoms with van der Waals surface area (Å²) in [5.41, 5.74) is -0.677. The van der Waals surface area contributed by atoms with Gasteiger partial charge in [0.2, 0.25) is 5.91 Å². The summed E-state index contributed by atoms with van der Waals surface area (Å²) in [6.07, 6.45) is -0.389. The van der Waals surface area contributed by atoms with Crippen molar-refractivity contribution in [3.05, 3.63) is 0 Å². The Hall–Kier alpha value is -1.79. The summed E-state index contributed by atoms with van der Waals surface area (Å²) in [7, 11) is 0. The fourth-order valence-electron chi connectivity index (χ4n) is 1.92. The minimum Gasteiger partial charge on any atom is -0.480 e. The fourth-order valence-corrected chi connectivity index (χ4v) is 1.92. The zero-order valence-electron chi connectivity index (χ0n) is 15.1. The number of nitrogens with one attached hydrogen (secondary N) is 2. The molecule has 0 aromatic carbocycles. The maximum Gasteiger partial charge on any atom is 0.408 e. The Bertz CT molecular complexity index is 427. The lowest BCUT2D eigenvalue weighted by molar-refractivity contribution is -0.142. The summed E-state index contributed by atoms with van der Waals surface area (Å²) in [5, 5.41) is 14.2. The predicted molar refractivity (Wildman–Crippen MR) is 87.0 cm³/mol. The normalized spacial score (nSPS) is 14.3. The number of carbonyl (C=O) groups is 3. The highest BCUT2D eigenvalue weighted by molar-refractivity contribution is 5.89. The molecule has 2 amide bonds. The minimum absolute atomic E-state index is 0.118. The Balaban J connectivity index is 4.91. The molecular weight excluding hydrogens is 300 g/mol. The van der Waals surface area contributed by atoms with Crippen LogP contribution in [0.4, 0.5) is 4.79 Å². The molecule has 23 heavy (non-hydrogen) atoms. The van der Waals surface area contributed by atoms with Crippen molar-refractivity contribution in [1.29, 1.82) is 0 Å². The van der Waals surface area contributed by atoms with Gasteiger partial charge in [-0.1, -0.05) is 27.7 Å². The lowest BCUT2D eigenvalue weighted by Crippen LogP contribution is -2.54. The zero-order valence-corrected chi connectivity index (χ0v) is 15.1. The number of hydrogen-bond acceptors (Lipinski definition) is 4. The molecule has 7 heteroatoms. The van der Waals surface area contributed by atoms with Gasteiger partial charge in [-0.05, 0) is 39.0 Å². The first-order chi connectivity index (χ1) is 10.3. The van der Waals surface area contributed by atoms with Crippen molar-refractivity contribution in [3.8, 4) is 0 Å². The molecule has 0 unspecified atom stereocenters. The maximum absolute atomic E-state index is 12.3. The van der Waals surface area contributed by atoms with E-state index in [1.807, 2.05) is 13.8 Å². The van der Waals surface area contributed by atoms with Crippen LogP contribution in [0.3, 0.4) is 0 Å². The molecule has 2 atom stereocenters. The first-order valence-electron chi connectivity index (χ1n) is 7.86. The van der Waals surface area contributed by atoms with E-state index in [0.29, 0.717) is 6.42 Å². The Morgan fingerprint density at radius 2 is 1.57 bits per heavy atom. The molecule has 0 fully saturated rings. The van der Waals surface area contributed by atoms with Gasteiger partial charge in [0.05, 0.1) is 0 Å². The number of aliphatic carboxylic acids is 1. The van der Waals surface area contributed by atoms with E-state index in [2.05, 4.69) is 10.6 Å². The third kappa shape index (κ3) is 9.05. The van der Waals surface area contributed by atoms with Crippen molar-refractivity contribution in [2.45, 2.75) is 72.6 Å². The molecule has 0 aliphatic rings. The number of rotatable bonds is 7. The molecule has 0 radical (unpaired) electrons. The monoisotopic (exact) mass is 330 g/mol. The summed E-state index contributed by atoms with van der Waals surface area (Å²) < 4.78 is 5.14. The molecule has 134 valence electrons. The number of ether oxygens (including phenoxy) is 1. The molecule has 7 nitrogen and oxygen atoms in total.